The predicted molar refractivity (Wildman–Crippen MR) is 109 cm³/mol. The lowest BCUT2D eigenvalue weighted by Gasteiger charge is -2.31. The topological polar surface area (TPSA) is 44.4 Å². The van der Waals surface area contributed by atoms with Crippen LogP contribution in [0.5, 0.6) is 0 Å². The maximum Gasteiger partial charge on any atom is 0.0720 e. The summed E-state index contributed by atoms with van der Waals surface area (Å²) in [7, 11) is 0. The van der Waals surface area contributed by atoms with Crippen molar-refractivity contribution in [2.75, 3.05) is 42.6 Å². The van der Waals surface area contributed by atoms with Gasteiger partial charge in [-0.2, -0.15) is 5.10 Å². The molecule has 0 radical (unpaired) electrons. The smallest absolute Gasteiger partial charge is 0.0720 e. The molecule has 27 heavy (non-hydrogen) atoms. The van der Waals surface area contributed by atoms with E-state index in [4.69, 9.17) is 4.74 Å². The van der Waals surface area contributed by atoms with Crippen molar-refractivity contribution in [3.05, 3.63) is 54.2 Å². The average molecular weight is 360 g/mol. The van der Waals surface area contributed by atoms with E-state index >= 15 is 0 Å². The van der Waals surface area contributed by atoms with Crippen LogP contribution in [0.15, 0.2) is 48.7 Å². The van der Waals surface area contributed by atoms with Crippen LogP contribution < -0.4 is 9.80 Å². The van der Waals surface area contributed by atoms with Gasteiger partial charge >= 0.3 is 0 Å². The fraction of sp³-hybridized carbons (Fsp3) is 0.318. The van der Waals surface area contributed by atoms with Gasteiger partial charge in [-0.25, -0.2) is 0 Å². The Balaban J connectivity index is 1.54. The zero-order valence-electron chi connectivity index (χ0n) is 15.6. The van der Waals surface area contributed by atoms with Gasteiger partial charge in [0.05, 0.1) is 25.1 Å². The van der Waals surface area contributed by atoms with Gasteiger partial charge in [0.15, 0.2) is 0 Å². The molecule has 5 nitrogen and oxygen atoms in total. The minimum Gasteiger partial charge on any atom is -0.378 e. The third-order valence-electron chi connectivity index (χ3n) is 5.62. The van der Waals surface area contributed by atoms with E-state index in [9.17, 15) is 0 Å². The number of H-pyrrole nitrogens is 1. The summed E-state index contributed by atoms with van der Waals surface area (Å²) in [6.07, 6.45) is 1.95. The number of morpholine rings is 1. The van der Waals surface area contributed by atoms with E-state index in [1.807, 2.05) is 6.20 Å². The molecule has 2 aromatic carbocycles. The Labute approximate surface area is 159 Å². The van der Waals surface area contributed by atoms with E-state index in [1.54, 1.807) is 0 Å². The van der Waals surface area contributed by atoms with Crippen molar-refractivity contribution in [3.63, 3.8) is 0 Å². The van der Waals surface area contributed by atoms with Crippen LogP contribution in [0.3, 0.4) is 0 Å². The molecule has 1 aromatic heterocycles. The molecule has 1 N–H and O–H groups in total. The van der Waals surface area contributed by atoms with E-state index in [0.29, 0.717) is 0 Å². The number of hydrogen-bond acceptors (Lipinski definition) is 4. The van der Waals surface area contributed by atoms with Crippen LogP contribution in [0.1, 0.15) is 12.5 Å². The number of aromatic amines is 1. The number of nitrogens with one attached hydrogen (secondary N) is 1. The van der Waals surface area contributed by atoms with Crippen molar-refractivity contribution in [1.82, 2.24) is 10.2 Å². The van der Waals surface area contributed by atoms with Crippen LogP contribution in [-0.4, -0.2) is 43.0 Å². The molecule has 5 heteroatoms. The third-order valence-corrected chi connectivity index (χ3v) is 5.62. The van der Waals surface area contributed by atoms with Crippen LogP contribution in [0.2, 0.25) is 0 Å². The van der Waals surface area contributed by atoms with E-state index in [2.05, 4.69) is 69.4 Å². The fourth-order valence-electron chi connectivity index (χ4n) is 4.13. The Kier molecular flexibility index (Phi) is 4.09. The van der Waals surface area contributed by atoms with E-state index in [1.165, 1.54) is 33.6 Å². The summed E-state index contributed by atoms with van der Waals surface area (Å²) in [5.74, 6) is 0. The second-order valence-corrected chi connectivity index (χ2v) is 7.17. The molecule has 0 spiro atoms. The Morgan fingerprint density at radius 1 is 1.07 bits per heavy atom. The molecule has 0 bridgehead atoms. The molecule has 138 valence electrons. The monoisotopic (exact) mass is 360 g/mol. The second-order valence-electron chi connectivity index (χ2n) is 7.17. The van der Waals surface area contributed by atoms with Gasteiger partial charge in [0, 0.05) is 48.7 Å². The Morgan fingerprint density at radius 3 is 2.78 bits per heavy atom. The fourth-order valence-corrected chi connectivity index (χ4v) is 4.13. The lowest BCUT2D eigenvalue weighted by molar-refractivity contribution is 0.122. The molecular weight excluding hydrogens is 336 g/mol. The number of ether oxygens (including phenoxy) is 1. The van der Waals surface area contributed by atoms with Crippen molar-refractivity contribution in [3.8, 4) is 22.4 Å². The van der Waals surface area contributed by atoms with Gasteiger partial charge in [0.2, 0.25) is 0 Å². The summed E-state index contributed by atoms with van der Waals surface area (Å²) in [5.41, 5.74) is 8.73. The molecule has 0 saturated carbocycles. The van der Waals surface area contributed by atoms with Crippen LogP contribution in [0, 0.1) is 0 Å². The lowest BCUT2D eigenvalue weighted by Crippen LogP contribution is -2.36. The summed E-state index contributed by atoms with van der Waals surface area (Å²) in [4.78, 5) is 4.82. The number of rotatable bonds is 3. The summed E-state index contributed by atoms with van der Waals surface area (Å²) in [6, 6.07) is 15.6. The molecule has 0 amide bonds. The molecule has 0 aliphatic carbocycles. The van der Waals surface area contributed by atoms with Crippen LogP contribution in [0.4, 0.5) is 11.4 Å². The molecule has 0 atom stereocenters. The molecule has 0 unspecified atom stereocenters. The first-order chi connectivity index (χ1) is 13.3. The molecular formula is C22H24N4O. The predicted octanol–water partition coefficient (Wildman–Crippen LogP) is 3.92. The number of hydrogen-bond donors (Lipinski definition) is 1. The van der Waals surface area contributed by atoms with Gasteiger partial charge < -0.3 is 14.5 Å². The van der Waals surface area contributed by atoms with Gasteiger partial charge in [-0.15, -0.1) is 0 Å². The third kappa shape index (κ3) is 2.88. The SMILES string of the molecule is CCN1Cc2cn[nH]c2-c2ccc(-c3cccc(N4CCOCC4)c3)cc21. The summed E-state index contributed by atoms with van der Waals surface area (Å²) < 4.78 is 5.49. The van der Waals surface area contributed by atoms with E-state index in [-0.39, 0.29) is 0 Å². The molecule has 2 aliphatic heterocycles. The molecule has 1 saturated heterocycles. The highest BCUT2D eigenvalue weighted by atomic mass is 16.5. The average Bonchev–Trinajstić information content (AvgIpc) is 3.22. The highest BCUT2D eigenvalue weighted by Gasteiger charge is 2.23. The van der Waals surface area contributed by atoms with Gasteiger partial charge in [-0.05, 0) is 36.2 Å². The van der Waals surface area contributed by atoms with Gasteiger partial charge in [0.25, 0.3) is 0 Å². The highest BCUT2D eigenvalue weighted by Crippen LogP contribution is 2.40. The Bertz CT molecular complexity index is 958. The largest absolute Gasteiger partial charge is 0.378 e. The van der Waals surface area contributed by atoms with Crippen molar-refractivity contribution in [2.45, 2.75) is 13.5 Å². The standard InChI is InChI=1S/C22H24N4O/c1-2-25-15-18-14-23-24-22(18)20-7-6-17(13-21(20)25)16-4-3-5-19(12-16)26-8-10-27-11-9-26/h3-7,12-14H,2,8-11,15H2,1H3,(H,23,24). The normalized spacial score (nSPS) is 16.2. The van der Waals surface area contributed by atoms with E-state index in [0.717, 1.165) is 45.1 Å². The van der Waals surface area contributed by atoms with Crippen molar-refractivity contribution in [1.29, 1.82) is 0 Å². The number of nitrogens with zero attached hydrogens (tertiary/aromatic N) is 3. The zero-order valence-corrected chi connectivity index (χ0v) is 15.6. The number of anilines is 2. The quantitative estimate of drug-likeness (QED) is 0.769. The maximum absolute atomic E-state index is 5.49. The van der Waals surface area contributed by atoms with Gasteiger partial charge in [0.1, 0.15) is 0 Å². The minimum atomic E-state index is 0.807. The van der Waals surface area contributed by atoms with Gasteiger partial charge in [-0.1, -0.05) is 24.3 Å². The summed E-state index contributed by atoms with van der Waals surface area (Å²) in [6.45, 7) is 7.63. The first-order valence-electron chi connectivity index (χ1n) is 9.68. The summed E-state index contributed by atoms with van der Waals surface area (Å²) in [5, 5.41) is 7.42. The minimum absolute atomic E-state index is 0.807. The van der Waals surface area contributed by atoms with Crippen LogP contribution in [0.25, 0.3) is 22.4 Å². The second kappa shape index (κ2) is 6.74. The van der Waals surface area contributed by atoms with Crippen molar-refractivity contribution >= 4 is 11.4 Å². The molecule has 1 fully saturated rings. The number of fused-ring (bicyclic) bond motifs is 3. The molecule has 2 aliphatic rings. The number of aromatic nitrogens is 2. The van der Waals surface area contributed by atoms with E-state index < -0.39 is 0 Å². The zero-order chi connectivity index (χ0) is 18.2. The molecule has 3 heterocycles. The lowest BCUT2D eigenvalue weighted by atomic mass is 9.95. The first-order valence-corrected chi connectivity index (χ1v) is 9.68. The van der Waals surface area contributed by atoms with Crippen LogP contribution in [-0.2, 0) is 11.3 Å². The first kappa shape index (κ1) is 16.4. The Morgan fingerprint density at radius 2 is 1.93 bits per heavy atom. The maximum atomic E-state index is 5.49. The van der Waals surface area contributed by atoms with Crippen molar-refractivity contribution in [2.24, 2.45) is 0 Å². The highest BCUT2D eigenvalue weighted by molar-refractivity contribution is 5.85. The van der Waals surface area contributed by atoms with Crippen molar-refractivity contribution < 1.29 is 4.74 Å². The molecule has 3 aromatic rings. The number of benzene rings is 2. The Hall–Kier alpha value is -2.79. The van der Waals surface area contributed by atoms with Crippen LogP contribution >= 0.6 is 0 Å². The van der Waals surface area contributed by atoms with Gasteiger partial charge in [-0.3, -0.25) is 5.10 Å². The molecule has 5 rings (SSSR count). The summed E-state index contributed by atoms with van der Waals surface area (Å²) >= 11 is 0.